The molecular formula is C36H42N4O2. The quantitative estimate of drug-likeness (QED) is 0.285. The molecule has 7 rings (SSSR count). The standard InChI is InChI=1S/C36H42N4O2/c1-19-11-25-14-29(31-16-32(31)30(25)12-19)20(2)13-21(3)34-17-33(38-36-39-37-18-40(34)36)35(42)15-24-7-6-8-27-22(4)26(23(5)41)9-10-28(24)27/h9-10,14,17,20,24,31-32,36-37,39H,1,3,6-8,11-13,15-16,18H2,2,4-5H3/t20?,24-,31?,32?,36?/m1/s1. The molecule has 2 fully saturated rings. The van der Waals surface area contributed by atoms with E-state index in [1.165, 1.54) is 28.7 Å². The van der Waals surface area contributed by atoms with Crippen LogP contribution in [0.4, 0.5) is 0 Å². The summed E-state index contributed by atoms with van der Waals surface area (Å²) in [7, 11) is 0. The second-order valence-corrected chi connectivity index (χ2v) is 13.4. The van der Waals surface area contributed by atoms with Gasteiger partial charge in [0.2, 0.25) is 0 Å². The second-order valence-electron chi connectivity index (χ2n) is 13.4. The molecular weight excluding hydrogens is 520 g/mol. The van der Waals surface area contributed by atoms with E-state index in [1.807, 2.05) is 19.1 Å². The maximum absolute atomic E-state index is 13.8. The number of nitrogens with zero attached hydrogens (tertiary/aromatic N) is 2. The Morgan fingerprint density at radius 3 is 2.83 bits per heavy atom. The Hall–Kier alpha value is -3.35. The van der Waals surface area contributed by atoms with E-state index in [9.17, 15) is 9.59 Å². The highest BCUT2D eigenvalue weighted by molar-refractivity contribution is 6.44. The van der Waals surface area contributed by atoms with Crippen LogP contribution < -0.4 is 10.9 Å². The lowest BCUT2D eigenvalue weighted by molar-refractivity contribution is -0.113. The first-order valence-corrected chi connectivity index (χ1v) is 15.7. The fraction of sp³-hybridized carbons (Fsp3) is 0.472. The smallest absolute Gasteiger partial charge is 0.190 e. The van der Waals surface area contributed by atoms with Gasteiger partial charge in [-0.25, -0.2) is 15.8 Å². The second kappa shape index (κ2) is 10.4. The van der Waals surface area contributed by atoms with E-state index in [4.69, 9.17) is 4.99 Å². The number of rotatable bonds is 8. The Labute approximate surface area is 249 Å². The molecule has 1 aromatic rings. The summed E-state index contributed by atoms with van der Waals surface area (Å²) >= 11 is 0. The minimum Gasteiger partial charge on any atom is -0.322 e. The minimum absolute atomic E-state index is 0.0737. The van der Waals surface area contributed by atoms with E-state index in [2.05, 4.69) is 48.0 Å². The highest BCUT2D eigenvalue weighted by atomic mass is 16.1. The van der Waals surface area contributed by atoms with Gasteiger partial charge in [-0.15, -0.1) is 0 Å². The van der Waals surface area contributed by atoms with Gasteiger partial charge in [0.25, 0.3) is 0 Å². The van der Waals surface area contributed by atoms with Crippen molar-refractivity contribution < 1.29 is 9.59 Å². The van der Waals surface area contributed by atoms with Crippen molar-refractivity contribution >= 4 is 17.3 Å². The number of ketones is 2. The zero-order valence-corrected chi connectivity index (χ0v) is 25.2. The van der Waals surface area contributed by atoms with Crippen molar-refractivity contribution in [2.45, 2.75) is 84.3 Å². The van der Waals surface area contributed by atoms with Crippen LogP contribution in [0.2, 0.25) is 0 Å². The SMILES string of the molecule is C=C1CC2=C(C1)C1CC1C(C(C)CC(=C)C1=CC(C(=O)C[C@H]3CCCc4c3ccc(C(C)=O)c4C)=NC3NNCN13)=C2. The van der Waals surface area contributed by atoms with E-state index in [1.54, 1.807) is 18.1 Å². The Bertz CT molecular complexity index is 1560. The zero-order valence-electron chi connectivity index (χ0n) is 25.2. The highest BCUT2D eigenvalue weighted by Gasteiger charge is 2.48. The average molecular weight is 563 g/mol. The maximum Gasteiger partial charge on any atom is 0.190 e. The minimum atomic E-state index is -0.311. The van der Waals surface area contributed by atoms with E-state index >= 15 is 0 Å². The Balaban J connectivity index is 1.09. The molecule has 1 saturated carbocycles. The molecule has 2 heterocycles. The highest BCUT2D eigenvalue weighted by Crippen LogP contribution is 2.59. The predicted octanol–water partition coefficient (Wildman–Crippen LogP) is 6.37. The number of hydrazine groups is 1. The number of Topliss-reactive ketones (excluding diaryl/α,β-unsaturated/α-hetero) is 2. The van der Waals surface area contributed by atoms with Crippen molar-refractivity contribution in [3.63, 3.8) is 0 Å². The van der Waals surface area contributed by atoms with Gasteiger partial charge in [-0.1, -0.05) is 55.0 Å². The Morgan fingerprint density at radius 1 is 1.19 bits per heavy atom. The van der Waals surface area contributed by atoms with Crippen LogP contribution in [0.3, 0.4) is 0 Å². The maximum atomic E-state index is 13.8. The van der Waals surface area contributed by atoms with Crippen LogP contribution in [-0.4, -0.2) is 35.1 Å². The number of benzene rings is 1. The van der Waals surface area contributed by atoms with Crippen LogP contribution in [0.1, 0.15) is 91.8 Å². The summed E-state index contributed by atoms with van der Waals surface area (Å²) < 4.78 is 0. The van der Waals surface area contributed by atoms with Gasteiger partial charge >= 0.3 is 0 Å². The molecule has 0 spiro atoms. The largest absolute Gasteiger partial charge is 0.322 e. The lowest BCUT2D eigenvalue weighted by atomic mass is 9.77. The van der Waals surface area contributed by atoms with Gasteiger partial charge in [0.15, 0.2) is 17.9 Å². The fourth-order valence-electron chi connectivity index (χ4n) is 8.34. The molecule has 42 heavy (non-hydrogen) atoms. The van der Waals surface area contributed by atoms with Gasteiger partial charge in [0.05, 0.1) is 6.67 Å². The van der Waals surface area contributed by atoms with Gasteiger partial charge in [-0.05, 0) is 116 Å². The zero-order chi connectivity index (χ0) is 29.3. The molecule has 0 radical (unpaired) electrons. The first-order valence-electron chi connectivity index (χ1n) is 15.7. The lowest BCUT2D eigenvalue weighted by Gasteiger charge is -2.32. The third-order valence-electron chi connectivity index (χ3n) is 10.6. The van der Waals surface area contributed by atoms with E-state index in [0.29, 0.717) is 30.6 Å². The summed E-state index contributed by atoms with van der Waals surface area (Å²) in [5.74, 6) is 2.14. The number of hydrogen-bond donors (Lipinski definition) is 2. The number of allylic oxidation sites excluding steroid dienone is 7. The summed E-state index contributed by atoms with van der Waals surface area (Å²) in [6, 6.07) is 4.02. The van der Waals surface area contributed by atoms with Crippen LogP contribution >= 0.6 is 0 Å². The van der Waals surface area contributed by atoms with Gasteiger partial charge in [-0.3, -0.25) is 9.59 Å². The van der Waals surface area contributed by atoms with Crippen molar-refractivity contribution in [2.24, 2.45) is 22.7 Å². The van der Waals surface area contributed by atoms with Gasteiger partial charge in [-0.2, -0.15) is 0 Å². The molecule has 2 N–H and O–H groups in total. The van der Waals surface area contributed by atoms with E-state index in [0.717, 1.165) is 66.8 Å². The van der Waals surface area contributed by atoms with Crippen molar-refractivity contribution in [1.29, 1.82) is 0 Å². The van der Waals surface area contributed by atoms with Crippen molar-refractivity contribution in [3.8, 4) is 0 Å². The number of fused-ring (bicyclic) bond motifs is 4. The van der Waals surface area contributed by atoms with Gasteiger partial charge < -0.3 is 4.90 Å². The summed E-state index contributed by atoms with van der Waals surface area (Å²) in [4.78, 5) is 32.9. The van der Waals surface area contributed by atoms with E-state index < -0.39 is 0 Å². The molecule has 0 amide bonds. The number of hydrogen-bond acceptors (Lipinski definition) is 6. The van der Waals surface area contributed by atoms with Gasteiger partial charge in [0.1, 0.15) is 5.71 Å². The molecule has 4 aliphatic carbocycles. The summed E-state index contributed by atoms with van der Waals surface area (Å²) in [5, 5.41) is 0. The average Bonchev–Trinajstić information content (AvgIpc) is 3.44. The molecule has 2 aliphatic heterocycles. The molecule has 0 aromatic heterocycles. The number of carbonyl (C=O) groups is 2. The first-order chi connectivity index (χ1) is 20.2. The molecule has 4 unspecified atom stereocenters. The van der Waals surface area contributed by atoms with Crippen LogP contribution in [0.15, 0.2) is 76.0 Å². The molecule has 218 valence electrons. The Morgan fingerprint density at radius 2 is 2.02 bits per heavy atom. The molecule has 1 aromatic carbocycles. The molecule has 5 atom stereocenters. The third-order valence-corrected chi connectivity index (χ3v) is 10.6. The normalized spacial score (nSPS) is 28.2. The monoisotopic (exact) mass is 562 g/mol. The lowest BCUT2D eigenvalue weighted by Crippen LogP contribution is -2.40. The van der Waals surface area contributed by atoms with Crippen molar-refractivity contribution in [1.82, 2.24) is 15.8 Å². The number of aliphatic imine (C=N–C) groups is 1. The summed E-state index contributed by atoms with van der Waals surface area (Å²) in [5.41, 5.74) is 19.5. The van der Waals surface area contributed by atoms with Crippen molar-refractivity contribution in [2.75, 3.05) is 6.67 Å². The Kier molecular flexibility index (Phi) is 6.82. The first kappa shape index (κ1) is 27.5. The molecule has 6 aliphatic rings. The van der Waals surface area contributed by atoms with Gasteiger partial charge in [0, 0.05) is 17.7 Å². The summed E-state index contributed by atoms with van der Waals surface area (Å²) in [6.07, 6.45) is 11.8. The van der Waals surface area contributed by atoms with Crippen molar-refractivity contribution in [3.05, 3.63) is 93.3 Å². The molecule has 1 saturated heterocycles. The fourth-order valence-corrected chi connectivity index (χ4v) is 8.34. The predicted molar refractivity (Wildman–Crippen MR) is 167 cm³/mol. The van der Waals surface area contributed by atoms with Crippen LogP contribution in [0.25, 0.3) is 0 Å². The molecule has 6 nitrogen and oxygen atoms in total. The third kappa shape index (κ3) is 4.69. The summed E-state index contributed by atoms with van der Waals surface area (Å²) in [6.45, 7) is 15.4. The number of nitrogens with one attached hydrogen (secondary N) is 2. The number of carbonyl (C=O) groups excluding carboxylic acids is 2. The van der Waals surface area contributed by atoms with Crippen LogP contribution in [0, 0.1) is 24.7 Å². The molecule has 6 heteroatoms. The topological polar surface area (TPSA) is 73.8 Å². The molecule has 0 bridgehead atoms. The van der Waals surface area contributed by atoms with E-state index in [-0.39, 0.29) is 23.8 Å². The van der Waals surface area contributed by atoms with Crippen LogP contribution in [-0.2, 0) is 11.2 Å². The van der Waals surface area contributed by atoms with Crippen LogP contribution in [0.5, 0.6) is 0 Å².